The SMILES string of the molecule is Cc1ccc(OCC(=O)N2CCC(NC(=O)CCC3CCCCC3)CC2)cc1C. The summed E-state index contributed by atoms with van der Waals surface area (Å²) < 4.78 is 5.68. The van der Waals surface area contributed by atoms with Gasteiger partial charge in [0.05, 0.1) is 0 Å². The van der Waals surface area contributed by atoms with Gasteiger partial charge in [-0.1, -0.05) is 38.2 Å². The number of ether oxygens (including phenoxy) is 1. The van der Waals surface area contributed by atoms with Crippen LogP contribution in [-0.4, -0.2) is 42.5 Å². The molecule has 1 aliphatic carbocycles. The topological polar surface area (TPSA) is 58.6 Å². The second-order valence-electron chi connectivity index (χ2n) is 8.80. The molecule has 2 amide bonds. The number of hydrogen-bond acceptors (Lipinski definition) is 3. The summed E-state index contributed by atoms with van der Waals surface area (Å²) in [5.74, 6) is 1.68. The van der Waals surface area contributed by atoms with Crippen molar-refractivity contribution in [2.75, 3.05) is 19.7 Å². The molecule has 1 aliphatic heterocycles. The molecule has 1 saturated heterocycles. The fourth-order valence-electron chi connectivity index (χ4n) is 4.42. The van der Waals surface area contributed by atoms with Crippen molar-refractivity contribution in [3.8, 4) is 5.75 Å². The van der Waals surface area contributed by atoms with Crippen LogP contribution in [0.2, 0.25) is 0 Å². The molecule has 29 heavy (non-hydrogen) atoms. The maximum Gasteiger partial charge on any atom is 0.260 e. The van der Waals surface area contributed by atoms with Gasteiger partial charge in [-0.3, -0.25) is 9.59 Å². The molecule has 2 fully saturated rings. The molecule has 0 unspecified atom stereocenters. The monoisotopic (exact) mass is 400 g/mol. The first kappa shape index (κ1) is 21.7. The van der Waals surface area contributed by atoms with E-state index in [1.165, 1.54) is 37.7 Å². The summed E-state index contributed by atoms with van der Waals surface area (Å²) in [4.78, 5) is 26.6. The number of carbonyl (C=O) groups is 2. The Bertz CT molecular complexity index is 689. The molecule has 0 radical (unpaired) electrons. The van der Waals surface area contributed by atoms with E-state index in [0.717, 1.165) is 36.5 Å². The van der Waals surface area contributed by atoms with Crippen LogP contribution in [0.1, 0.15) is 68.9 Å². The Morgan fingerprint density at radius 3 is 2.45 bits per heavy atom. The lowest BCUT2D eigenvalue weighted by Crippen LogP contribution is -2.47. The van der Waals surface area contributed by atoms with Crippen LogP contribution in [0, 0.1) is 19.8 Å². The van der Waals surface area contributed by atoms with Gasteiger partial charge in [0.15, 0.2) is 6.61 Å². The molecule has 0 atom stereocenters. The lowest BCUT2D eigenvalue weighted by Gasteiger charge is -2.32. The van der Waals surface area contributed by atoms with E-state index in [2.05, 4.69) is 12.2 Å². The molecule has 1 aromatic carbocycles. The Balaban J connectivity index is 1.33. The van der Waals surface area contributed by atoms with Gasteiger partial charge in [0.1, 0.15) is 5.75 Å². The Kier molecular flexibility index (Phi) is 7.96. The molecule has 2 aliphatic rings. The highest BCUT2D eigenvalue weighted by molar-refractivity contribution is 5.78. The lowest BCUT2D eigenvalue weighted by molar-refractivity contribution is -0.134. The van der Waals surface area contributed by atoms with E-state index in [1.54, 1.807) is 0 Å². The van der Waals surface area contributed by atoms with Gasteiger partial charge in [0, 0.05) is 25.6 Å². The van der Waals surface area contributed by atoms with Crippen molar-refractivity contribution >= 4 is 11.8 Å². The number of nitrogens with one attached hydrogen (secondary N) is 1. The Morgan fingerprint density at radius 1 is 1.03 bits per heavy atom. The molecule has 0 spiro atoms. The third kappa shape index (κ3) is 6.76. The molecular weight excluding hydrogens is 364 g/mol. The van der Waals surface area contributed by atoms with Crippen LogP contribution in [0.15, 0.2) is 18.2 Å². The number of amides is 2. The summed E-state index contributed by atoms with van der Waals surface area (Å²) >= 11 is 0. The van der Waals surface area contributed by atoms with Crippen molar-refractivity contribution in [2.24, 2.45) is 5.92 Å². The van der Waals surface area contributed by atoms with E-state index >= 15 is 0 Å². The third-order valence-corrected chi connectivity index (χ3v) is 6.56. The Labute approximate surface area is 175 Å². The summed E-state index contributed by atoms with van der Waals surface area (Å²) in [5, 5.41) is 3.18. The van der Waals surface area contributed by atoms with Crippen molar-refractivity contribution in [2.45, 2.75) is 77.7 Å². The minimum Gasteiger partial charge on any atom is -0.484 e. The van der Waals surface area contributed by atoms with E-state index in [0.29, 0.717) is 19.5 Å². The molecular formula is C24H36N2O3. The van der Waals surface area contributed by atoms with Crippen molar-refractivity contribution in [1.82, 2.24) is 10.2 Å². The molecule has 1 aromatic rings. The highest BCUT2D eigenvalue weighted by atomic mass is 16.5. The van der Waals surface area contributed by atoms with Gasteiger partial charge < -0.3 is 15.0 Å². The van der Waals surface area contributed by atoms with Crippen LogP contribution in [-0.2, 0) is 9.59 Å². The predicted octanol–water partition coefficient (Wildman–Crippen LogP) is 4.15. The van der Waals surface area contributed by atoms with Crippen LogP contribution in [0.4, 0.5) is 0 Å². The second-order valence-corrected chi connectivity index (χ2v) is 8.80. The highest BCUT2D eigenvalue weighted by Crippen LogP contribution is 2.27. The maximum atomic E-state index is 12.4. The molecule has 5 nitrogen and oxygen atoms in total. The van der Waals surface area contributed by atoms with Crippen LogP contribution in [0.25, 0.3) is 0 Å². The number of likely N-dealkylation sites (tertiary alicyclic amines) is 1. The van der Waals surface area contributed by atoms with Crippen molar-refractivity contribution in [3.63, 3.8) is 0 Å². The Morgan fingerprint density at radius 2 is 1.76 bits per heavy atom. The van der Waals surface area contributed by atoms with Gasteiger partial charge in [-0.15, -0.1) is 0 Å². The first-order valence-electron chi connectivity index (χ1n) is 11.3. The van der Waals surface area contributed by atoms with Crippen LogP contribution in [0.3, 0.4) is 0 Å². The van der Waals surface area contributed by atoms with Gasteiger partial charge in [-0.2, -0.15) is 0 Å². The lowest BCUT2D eigenvalue weighted by atomic mass is 9.86. The highest BCUT2D eigenvalue weighted by Gasteiger charge is 2.24. The van der Waals surface area contributed by atoms with Gasteiger partial charge in [-0.25, -0.2) is 0 Å². The largest absolute Gasteiger partial charge is 0.484 e. The van der Waals surface area contributed by atoms with Crippen molar-refractivity contribution in [1.29, 1.82) is 0 Å². The number of rotatable bonds is 7. The quantitative estimate of drug-likeness (QED) is 0.748. The summed E-state index contributed by atoms with van der Waals surface area (Å²) in [6.07, 6.45) is 9.91. The zero-order valence-electron chi connectivity index (χ0n) is 18.0. The number of piperidine rings is 1. The molecule has 3 rings (SSSR count). The molecule has 0 bridgehead atoms. The average Bonchev–Trinajstić information content (AvgIpc) is 2.74. The van der Waals surface area contributed by atoms with Crippen LogP contribution in [0.5, 0.6) is 5.75 Å². The molecule has 5 heteroatoms. The fourth-order valence-corrected chi connectivity index (χ4v) is 4.42. The zero-order valence-corrected chi connectivity index (χ0v) is 18.0. The standard InChI is InChI=1S/C24H36N2O3/c1-18-8-10-22(16-19(18)2)29-17-24(28)26-14-12-21(13-15-26)25-23(27)11-9-20-6-4-3-5-7-20/h8,10,16,20-21H,3-7,9,11-15,17H2,1-2H3,(H,25,27). The maximum absolute atomic E-state index is 12.4. The van der Waals surface area contributed by atoms with E-state index in [9.17, 15) is 9.59 Å². The van der Waals surface area contributed by atoms with Crippen LogP contribution >= 0.6 is 0 Å². The van der Waals surface area contributed by atoms with Gasteiger partial charge in [0.25, 0.3) is 5.91 Å². The zero-order chi connectivity index (χ0) is 20.6. The van der Waals surface area contributed by atoms with E-state index in [-0.39, 0.29) is 24.5 Å². The Hall–Kier alpha value is -2.04. The van der Waals surface area contributed by atoms with E-state index < -0.39 is 0 Å². The van der Waals surface area contributed by atoms with Gasteiger partial charge in [0.2, 0.25) is 5.91 Å². The molecule has 1 N–H and O–H groups in total. The first-order valence-corrected chi connectivity index (χ1v) is 11.3. The van der Waals surface area contributed by atoms with E-state index in [4.69, 9.17) is 4.74 Å². The van der Waals surface area contributed by atoms with Crippen molar-refractivity contribution in [3.05, 3.63) is 29.3 Å². The second kappa shape index (κ2) is 10.7. The van der Waals surface area contributed by atoms with Gasteiger partial charge in [-0.05, 0) is 62.3 Å². The molecule has 1 saturated carbocycles. The number of hydrogen-bond donors (Lipinski definition) is 1. The fraction of sp³-hybridized carbons (Fsp3) is 0.667. The van der Waals surface area contributed by atoms with Crippen molar-refractivity contribution < 1.29 is 14.3 Å². The minimum atomic E-state index is 0.0188. The molecule has 0 aromatic heterocycles. The minimum absolute atomic E-state index is 0.0188. The number of aryl methyl sites for hydroxylation is 2. The smallest absolute Gasteiger partial charge is 0.260 e. The van der Waals surface area contributed by atoms with Gasteiger partial charge >= 0.3 is 0 Å². The van der Waals surface area contributed by atoms with Crippen LogP contribution < -0.4 is 10.1 Å². The average molecular weight is 401 g/mol. The number of carbonyl (C=O) groups excluding carboxylic acids is 2. The molecule has 160 valence electrons. The summed E-state index contributed by atoms with van der Waals surface area (Å²) in [5.41, 5.74) is 2.38. The summed E-state index contributed by atoms with van der Waals surface area (Å²) in [6.45, 7) is 5.54. The first-order chi connectivity index (χ1) is 14.0. The number of nitrogens with zero attached hydrogens (tertiary/aromatic N) is 1. The normalized spacial score (nSPS) is 18.5. The summed E-state index contributed by atoms with van der Waals surface area (Å²) in [6, 6.07) is 6.08. The van der Waals surface area contributed by atoms with E-state index in [1.807, 2.05) is 30.0 Å². The molecule has 1 heterocycles. The summed E-state index contributed by atoms with van der Waals surface area (Å²) in [7, 11) is 0. The third-order valence-electron chi connectivity index (χ3n) is 6.56. The number of benzene rings is 1. The predicted molar refractivity (Wildman–Crippen MR) is 115 cm³/mol.